The van der Waals surface area contributed by atoms with Crippen molar-refractivity contribution in [1.29, 1.82) is 0 Å². The highest BCUT2D eigenvalue weighted by atomic mass is 19.1. The van der Waals surface area contributed by atoms with Crippen LogP contribution < -0.4 is 10.3 Å². The minimum Gasteiger partial charge on any atom is -0.487 e. The number of benzene rings is 1. The van der Waals surface area contributed by atoms with Crippen LogP contribution in [0.15, 0.2) is 59.7 Å². The lowest BCUT2D eigenvalue weighted by Crippen LogP contribution is -2.27. The van der Waals surface area contributed by atoms with Crippen LogP contribution in [-0.2, 0) is 26.6 Å². The number of rotatable bonds is 4. The van der Waals surface area contributed by atoms with Crippen molar-refractivity contribution in [3.63, 3.8) is 0 Å². The minimum absolute atomic E-state index is 0.166. The summed E-state index contributed by atoms with van der Waals surface area (Å²) in [6.07, 6.45) is 3.90. The Kier molecular flexibility index (Phi) is 4.82. The Morgan fingerprint density at radius 2 is 2.00 bits per heavy atom. The monoisotopic (exact) mass is 418 g/mol. The van der Waals surface area contributed by atoms with Crippen molar-refractivity contribution >= 4 is 10.9 Å². The number of ether oxygens (including phenoxy) is 1. The Balaban J connectivity index is 1.43. The molecule has 158 valence electrons. The molecule has 0 aliphatic carbocycles. The van der Waals surface area contributed by atoms with Crippen molar-refractivity contribution in [3.05, 3.63) is 88.0 Å². The second-order valence-electron chi connectivity index (χ2n) is 8.00. The zero-order valence-corrected chi connectivity index (χ0v) is 17.5. The molecule has 0 N–H and O–H groups in total. The molecule has 0 saturated heterocycles. The molecule has 4 aromatic rings. The van der Waals surface area contributed by atoms with E-state index < -0.39 is 5.82 Å². The molecular formula is C24H23FN4O2. The average molecular weight is 418 g/mol. The number of aromatic nitrogens is 3. The van der Waals surface area contributed by atoms with Crippen LogP contribution in [0.1, 0.15) is 17.0 Å². The van der Waals surface area contributed by atoms with Gasteiger partial charge in [-0.25, -0.2) is 4.39 Å². The Morgan fingerprint density at radius 1 is 1.13 bits per heavy atom. The molecule has 0 spiro atoms. The fraction of sp³-hybridized carbons (Fsp3) is 0.250. The number of aryl methyl sites for hydroxylation is 1. The van der Waals surface area contributed by atoms with E-state index in [0.717, 1.165) is 36.9 Å². The van der Waals surface area contributed by atoms with Crippen LogP contribution in [0, 0.1) is 5.82 Å². The number of pyridine rings is 2. The van der Waals surface area contributed by atoms with Crippen molar-refractivity contribution in [2.45, 2.75) is 19.6 Å². The van der Waals surface area contributed by atoms with E-state index in [9.17, 15) is 9.18 Å². The summed E-state index contributed by atoms with van der Waals surface area (Å²) in [6, 6.07) is 12.3. The van der Waals surface area contributed by atoms with Gasteiger partial charge < -0.3 is 14.2 Å². The van der Waals surface area contributed by atoms with E-state index in [2.05, 4.69) is 40.7 Å². The van der Waals surface area contributed by atoms with Crippen LogP contribution in [0.5, 0.6) is 5.75 Å². The number of fused-ring (bicyclic) bond motifs is 3. The molecular weight excluding hydrogens is 395 g/mol. The Bertz CT molecular complexity index is 1320. The first-order valence-corrected chi connectivity index (χ1v) is 10.2. The smallest absolute Gasteiger partial charge is 0.258 e. The minimum atomic E-state index is -0.394. The van der Waals surface area contributed by atoms with Gasteiger partial charge in [-0.1, -0.05) is 6.07 Å². The molecule has 6 nitrogen and oxygen atoms in total. The highest BCUT2D eigenvalue weighted by Gasteiger charge is 2.21. The van der Waals surface area contributed by atoms with E-state index >= 15 is 0 Å². The molecule has 5 rings (SSSR count). The van der Waals surface area contributed by atoms with E-state index in [1.54, 1.807) is 22.9 Å². The Labute approximate surface area is 179 Å². The lowest BCUT2D eigenvalue weighted by atomic mass is 10.0. The predicted molar refractivity (Wildman–Crippen MR) is 117 cm³/mol. The molecule has 3 aromatic heterocycles. The fourth-order valence-electron chi connectivity index (χ4n) is 4.24. The van der Waals surface area contributed by atoms with Gasteiger partial charge in [0.25, 0.3) is 5.56 Å². The van der Waals surface area contributed by atoms with E-state index in [1.165, 1.54) is 28.8 Å². The quantitative estimate of drug-likeness (QED) is 0.510. The summed E-state index contributed by atoms with van der Waals surface area (Å²) in [5.74, 6) is 0.0558. The number of halogens is 1. The SMILES string of the molecule is CN1CCc2c(n(C)c3cc(-n4ccc(OCc5ccc(F)cn5)cc4=O)ccc23)C1. The molecule has 1 aliphatic heterocycles. The second-order valence-corrected chi connectivity index (χ2v) is 8.00. The van der Waals surface area contributed by atoms with E-state index in [4.69, 9.17) is 4.74 Å². The molecule has 0 unspecified atom stereocenters. The van der Waals surface area contributed by atoms with Gasteiger partial charge in [0.2, 0.25) is 0 Å². The molecule has 1 aliphatic rings. The van der Waals surface area contributed by atoms with Gasteiger partial charge in [-0.15, -0.1) is 0 Å². The average Bonchev–Trinajstić information content (AvgIpc) is 3.04. The van der Waals surface area contributed by atoms with E-state index in [1.807, 2.05) is 6.07 Å². The van der Waals surface area contributed by atoms with Gasteiger partial charge in [0, 0.05) is 43.5 Å². The number of hydrogen-bond donors (Lipinski definition) is 0. The van der Waals surface area contributed by atoms with Crippen LogP contribution in [0.4, 0.5) is 4.39 Å². The van der Waals surface area contributed by atoms with Crippen molar-refractivity contribution in [2.75, 3.05) is 13.6 Å². The molecule has 7 heteroatoms. The van der Waals surface area contributed by atoms with Crippen molar-refractivity contribution in [3.8, 4) is 11.4 Å². The number of nitrogens with zero attached hydrogens (tertiary/aromatic N) is 4. The maximum atomic E-state index is 13.0. The normalized spacial score (nSPS) is 14.0. The van der Waals surface area contributed by atoms with Crippen molar-refractivity contribution in [1.82, 2.24) is 19.0 Å². The lowest BCUT2D eigenvalue weighted by molar-refractivity contribution is 0.300. The Morgan fingerprint density at radius 3 is 2.77 bits per heavy atom. The fourth-order valence-corrected chi connectivity index (χ4v) is 4.24. The van der Waals surface area contributed by atoms with Crippen LogP contribution in [0.25, 0.3) is 16.6 Å². The molecule has 0 fully saturated rings. The van der Waals surface area contributed by atoms with Gasteiger partial charge in [0.05, 0.1) is 23.1 Å². The van der Waals surface area contributed by atoms with Crippen LogP contribution >= 0.6 is 0 Å². The number of likely N-dealkylation sites (N-methyl/N-ethyl adjacent to an activating group) is 1. The number of hydrogen-bond acceptors (Lipinski definition) is 4. The third-order valence-electron chi connectivity index (χ3n) is 5.93. The van der Waals surface area contributed by atoms with Crippen LogP contribution in [0.3, 0.4) is 0 Å². The zero-order chi connectivity index (χ0) is 21.5. The molecule has 0 bridgehead atoms. The Hall–Kier alpha value is -3.45. The van der Waals surface area contributed by atoms with Gasteiger partial charge in [0.15, 0.2) is 0 Å². The van der Waals surface area contributed by atoms with Gasteiger partial charge in [-0.05, 0) is 49.4 Å². The summed E-state index contributed by atoms with van der Waals surface area (Å²) < 4.78 is 22.5. The largest absolute Gasteiger partial charge is 0.487 e. The molecule has 31 heavy (non-hydrogen) atoms. The zero-order valence-electron chi connectivity index (χ0n) is 17.5. The first kappa shape index (κ1) is 19.5. The molecule has 4 heterocycles. The molecule has 0 amide bonds. The van der Waals surface area contributed by atoms with Crippen molar-refractivity contribution in [2.24, 2.45) is 7.05 Å². The lowest BCUT2D eigenvalue weighted by Gasteiger charge is -2.23. The third-order valence-corrected chi connectivity index (χ3v) is 5.93. The summed E-state index contributed by atoms with van der Waals surface area (Å²) >= 11 is 0. The standard InChI is InChI=1S/C24H23FN4O2/c1-27-9-8-21-20-6-5-18(11-22(20)28(2)23(21)14-27)29-10-7-19(12-24(29)30)31-15-17-4-3-16(25)13-26-17/h3-7,10-13H,8-9,14-15H2,1-2H3. The van der Waals surface area contributed by atoms with Crippen LogP contribution in [0.2, 0.25) is 0 Å². The highest BCUT2D eigenvalue weighted by Crippen LogP contribution is 2.31. The van der Waals surface area contributed by atoms with Gasteiger partial charge in [0.1, 0.15) is 18.2 Å². The van der Waals surface area contributed by atoms with Gasteiger partial charge in [-0.3, -0.25) is 14.3 Å². The van der Waals surface area contributed by atoms with E-state index in [-0.39, 0.29) is 12.2 Å². The maximum Gasteiger partial charge on any atom is 0.258 e. The van der Waals surface area contributed by atoms with Crippen molar-refractivity contribution < 1.29 is 9.13 Å². The highest BCUT2D eigenvalue weighted by molar-refractivity contribution is 5.87. The molecule has 1 aromatic carbocycles. The predicted octanol–water partition coefficient (Wildman–Crippen LogP) is 3.43. The van der Waals surface area contributed by atoms with Gasteiger partial charge >= 0.3 is 0 Å². The molecule has 0 saturated carbocycles. The summed E-state index contributed by atoms with van der Waals surface area (Å²) in [5, 5.41) is 1.26. The summed E-state index contributed by atoms with van der Waals surface area (Å²) in [5.41, 5.74) is 5.11. The summed E-state index contributed by atoms with van der Waals surface area (Å²) in [4.78, 5) is 19.0. The molecule has 0 radical (unpaired) electrons. The van der Waals surface area contributed by atoms with Gasteiger partial charge in [-0.2, -0.15) is 0 Å². The molecule has 0 atom stereocenters. The third kappa shape index (κ3) is 3.61. The van der Waals surface area contributed by atoms with Crippen LogP contribution in [-0.4, -0.2) is 32.6 Å². The second kappa shape index (κ2) is 7.67. The maximum absolute atomic E-state index is 13.0. The van der Waals surface area contributed by atoms with E-state index in [0.29, 0.717) is 11.4 Å². The summed E-state index contributed by atoms with van der Waals surface area (Å²) in [6.45, 7) is 2.16. The summed E-state index contributed by atoms with van der Waals surface area (Å²) in [7, 11) is 4.23. The topological polar surface area (TPSA) is 52.3 Å². The first-order chi connectivity index (χ1) is 15.0. The first-order valence-electron chi connectivity index (χ1n) is 10.2.